The molecule has 3 rings (SSSR count). The molecule has 3 aromatic rings. The molecule has 3 N–H and O–H groups in total. The Balaban J connectivity index is 2.51. The predicted octanol–water partition coefficient (Wildman–Crippen LogP) is 3.96. The first kappa shape index (κ1) is 15.1. The highest BCUT2D eigenvalue weighted by atomic mass is 16.4. The number of fused-ring (bicyclic) bond motifs is 1. The zero-order valence-corrected chi connectivity index (χ0v) is 12.5. The second-order valence-corrected chi connectivity index (χ2v) is 5.47. The molecule has 3 aromatic carbocycles. The van der Waals surface area contributed by atoms with Crippen molar-refractivity contribution in [1.82, 2.24) is 0 Å². The topological polar surface area (TPSA) is 77.8 Å². The van der Waals surface area contributed by atoms with Gasteiger partial charge in [-0.3, -0.25) is 0 Å². The summed E-state index contributed by atoms with van der Waals surface area (Å²) in [6.07, 6.45) is -0.936. The van der Waals surface area contributed by atoms with Gasteiger partial charge in [0.15, 0.2) is 0 Å². The van der Waals surface area contributed by atoms with Gasteiger partial charge in [0.1, 0.15) is 5.75 Å². The number of hydrogen-bond donors (Lipinski definition) is 3. The van der Waals surface area contributed by atoms with Crippen molar-refractivity contribution in [3.05, 3.63) is 65.7 Å². The highest BCUT2D eigenvalue weighted by Crippen LogP contribution is 2.38. The Hall–Kier alpha value is -2.85. The van der Waals surface area contributed by atoms with E-state index in [4.69, 9.17) is 0 Å². The van der Waals surface area contributed by atoms with E-state index < -0.39 is 12.1 Å². The summed E-state index contributed by atoms with van der Waals surface area (Å²) in [6.45, 7) is 1.56. The molecule has 0 fully saturated rings. The number of aromatic carboxylic acids is 1. The van der Waals surface area contributed by atoms with Crippen molar-refractivity contribution in [3.63, 3.8) is 0 Å². The fourth-order valence-corrected chi connectivity index (χ4v) is 2.94. The number of aliphatic hydroxyl groups excluding tert-OH is 1. The van der Waals surface area contributed by atoms with Crippen molar-refractivity contribution in [2.45, 2.75) is 13.0 Å². The standard InChI is InChI=1S/C19H16O4/c1-11(20)17-16(19(22)23)10-13-9-14(21)7-8-15(13)18(17)12-5-3-2-4-6-12/h2-11,20-21H,1H3,(H,22,23). The van der Waals surface area contributed by atoms with Gasteiger partial charge in [-0.15, -0.1) is 0 Å². The molecule has 0 spiro atoms. The molecule has 1 unspecified atom stereocenters. The molecule has 0 radical (unpaired) electrons. The Morgan fingerprint density at radius 3 is 2.35 bits per heavy atom. The Bertz CT molecular complexity index is 883. The summed E-state index contributed by atoms with van der Waals surface area (Å²) >= 11 is 0. The first-order valence-corrected chi connectivity index (χ1v) is 7.25. The van der Waals surface area contributed by atoms with Crippen molar-refractivity contribution in [1.29, 1.82) is 0 Å². The van der Waals surface area contributed by atoms with Gasteiger partial charge in [0, 0.05) is 5.56 Å². The highest BCUT2D eigenvalue weighted by Gasteiger charge is 2.22. The minimum absolute atomic E-state index is 0.0388. The van der Waals surface area contributed by atoms with E-state index in [-0.39, 0.29) is 11.3 Å². The Morgan fingerprint density at radius 1 is 1.04 bits per heavy atom. The Morgan fingerprint density at radius 2 is 1.74 bits per heavy atom. The van der Waals surface area contributed by atoms with Crippen molar-refractivity contribution in [2.24, 2.45) is 0 Å². The summed E-state index contributed by atoms with van der Waals surface area (Å²) in [5, 5.41) is 30.8. The monoisotopic (exact) mass is 308 g/mol. The third kappa shape index (κ3) is 2.64. The fourth-order valence-electron chi connectivity index (χ4n) is 2.94. The van der Waals surface area contributed by atoms with Gasteiger partial charge >= 0.3 is 5.97 Å². The second-order valence-electron chi connectivity index (χ2n) is 5.47. The lowest BCUT2D eigenvalue weighted by molar-refractivity contribution is 0.0690. The smallest absolute Gasteiger partial charge is 0.336 e. The van der Waals surface area contributed by atoms with Gasteiger partial charge in [-0.05, 0) is 47.0 Å². The van der Waals surface area contributed by atoms with E-state index >= 15 is 0 Å². The zero-order valence-electron chi connectivity index (χ0n) is 12.5. The Labute approximate surface area is 133 Å². The van der Waals surface area contributed by atoms with E-state index in [0.29, 0.717) is 16.5 Å². The number of rotatable bonds is 3. The number of phenols is 1. The van der Waals surface area contributed by atoms with Crippen molar-refractivity contribution in [2.75, 3.05) is 0 Å². The summed E-state index contributed by atoms with van der Waals surface area (Å²) in [6, 6.07) is 15.7. The van der Waals surface area contributed by atoms with Gasteiger partial charge in [-0.2, -0.15) is 0 Å². The molecule has 0 bridgehead atoms. The molecule has 0 amide bonds. The van der Waals surface area contributed by atoms with Crippen LogP contribution in [0.2, 0.25) is 0 Å². The third-order valence-corrected chi connectivity index (χ3v) is 3.87. The van der Waals surface area contributed by atoms with Crippen LogP contribution in [0.5, 0.6) is 5.75 Å². The fraction of sp³-hybridized carbons (Fsp3) is 0.105. The third-order valence-electron chi connectivity index (χ3n) is 3.87. The van der Waals surface area contributed by atoms with Crippen molar-refractivity contribution < 1.29 is 20.1 Å². The molecule has 0 aliphatic heterocycles. The van der Waals surface area contributed by atoms with Crippen LogP contribution in [0.3, 0.4) is 0 Å². The zero-order chi connectivity index (χ0) is 16.6. The van der Waals surface area contributed by atoms with Gasteiger partial charge < -0.3 is 15.3 Å². The lowest BCUT2D eigenvalue weighted by atomic mass is 9.87. The summed E-state index contributed by atoms with van der Waals surface area (Å²) in [7, 11) is 0. The lowest BCUT2D eigenvalue weighted by Gasteiger charge is -2.18. The van der Waals surface area contributed by atoms with E-state index in [9.17, 15) is 20.1 Å². The molecule has 0 aliphatic rings. The number of hydrogen-bond acceptors (Lipinski definition) is 3. The maximum atomic E-state index is 11.7. The molecular formula is C19H16O4. The van der Waals surface area contributed by atoms with Gasteiger partial charge in [-0.1, -0.05) is 36.4 Å². The maximum absolute atomic E-state index is 11.7. The van der Waals surface area contributed by atoms with E-state index in [1.54, 1.807) is 19.1 Å². The molecule has 0 saturated heterocycles. The van der Waals surface area contributed by atoms with Crippen LogP contribution in [0.1, 0.15) is 28.9 Å². The molecule has 0 heterocycles. The van der Waals surface area contributed by atoms with Gasteiger partial charge in [-0.25, -0.2) is 4.79 Å². The average molecular weight is 308 g/mol. The summed E-state index contributed by atoms with van der Waals surface area (Å²) in [5.41, 5.74) is 1.91. The minimum Gasteiger partial charge on any atom is -0.508 e. The summed E-state index contributed by atoms with van der Waals surface area (Å²) in [4.78, 5) is 11.7. The molecule has 23 heavy (non-hydrogen) atoms. The largest absolute Gasteiger partial charge is 0.508 e. The molecule has 1 atom stereocenters. The van der Waals surface area contributed by atoms with E-state index in [1.807, 2.05) is 30.3 Å². The first-order chi connectivity index (χ1) is 11.0. The molecule has 0 saturated carbocycles. The van der Waals surface area contributed by atoms with Crippen molar-refractivity contribution >= 4 is 16.7 Å². The van der Waals surface area contributed by atoms with Gasteiger partial charge in [0.05, 0.1) is 11.7 Å². The van der Waals surface area contributed by atoms with E-state index in [0.717, 1.165) is 10.9 Å². The lowest BCUT2D eigenvalue weighted by Crippen LogP contribution is -2.08. The van der Waals surface area contributed by atoms with Crippen LogP contribution in [0.15, 0.2) is 54.6 Å². The van der Waals surface area contributed by atoms with Crippen LogP contribution < -0.4 is 0 Å². The highest BCUT2D eigenvalue weighted by molar-refractivity contribution is 6.05. The maximum Gasteiger partial charge on any atom is 0.336 e. The molecule has 0 aliphatic carbocycles. The SMILES string of the molecule is CC(O)c1c(C(=O)O)cc2cc(O)ccc2c1-c1ccccc1. The van der Waals surface area contributed by atoms with Gasteiger partial charge in [0.25, 0.3) is 0 Å². The second kappa shape index (κ2) is 5.74. The molecule has 116 valence electrons. The normalized spacial score (nSPS) is 12.3. The number of benzene rings is 3. The van der Waals surface area contributed by atoms with Crippen LogP contribution in [-0.4, -0.2) is 21.3 Å². The van der Waals surface area contributed by atoms with E-state index in [1.165, 1.54) is 12.1 Å². The average Bonchev–Trinajstić information content (AvgIpc) is 2.53. The quantitative estimate of drug-likeness (QED) is 0.684. The molecule has 0 aromatic heterocycles. The number of phenolic OH excluding ortho intramolecular Hbond substituents is 1. The summed E-state index contributed by atoms with van der Waals surface area (Å²) < 4.78 is 0. The van der Waals surface area contributed by atoms with Crippen LogP contribution in [-0.2, 0) is 0 Å². The molecule has 4 nitrogen and oxygen atoms in total. The van der Waals surface area contributed by atoms with E-state index in [2.05, 4.69) is 0 Å². The number of carbonyl (C=O) groups is 1. The van der Waals surface area contributed by atoms with Crippen LogP contribution in [0.25, 0.3) is 21.9 Å². The van der Waals surface area contributed by atoms with Crippen LogP contribution in [0, 0.1) is 0 Å². The first-order valence-electron chi connectivity index (χ1n) is 7.25. The molecule has 4 heteroatoms. The van der Waals surface area contributed by atoms with Crippen molar-refractivity contribution in [3.8, 4) is 16.9 Å². The summed E-state index contributed by atoms with van der Waals surface area (Å²) in [5.74, 6) is -1.04. The number of aromatic hydroxyl groups is 1. The van der Waals surface area contributed by atoms with Crippen LogP contribution in [0.4, 0.5) is 0 Å². The number of carboxylic acid groups (broad SMARTS) is 1. The number of carboxylic acids is 1. The number of aliphatic hydroxyl groups is 1. The minimum atomic E-state index is -1.11. The molecular weight excluding hydrogens is 292 g/mol. The van der Waals surface area contributed by atoms with Crippen LogP contribution >= 0.6 is 0 Å². The predicted molar refractivity (Wildman–Crippen MR) is 88.6 cm³/mol. The van der Waals surface area contributed by atoms with Gasteiger partial charge in [0.2, 0.25) is 0 Å². The Kier molecular flexibility index (Phi) is 3.76.